The lowest BCUT2D eigenvalue weighted by Gasteiger charge is -2.38. The van der Waals surface area contributed by atoms with Crippen LogP contribution in [-0.4, -0.2) is 12.4 Å². The molecule has 0 saturated heterocycles. The average Bonchev–Trinajstić information content (AvgIpc) is 2.97. The van der Waals surface area contributed by atoms with Crippen LogP contribution in [-0.2, 0) is 10.3 Å². The number of ether oxygens (including phenoxy) is 2. The Hall–Kier alpha value is -4.38. The summed E-state index contributed by atoms with van der Waals surface area (Å²) in [5.41, 5.74) is -5.58. The summed E-state index contributed by atoms with van der Waals surface area (Å²) >= 11 is 12.4. The van der Waals surface area contributed by atoms with Gasteiger partial charge >= 0.3 is 12.4 Å². The summed E-state index contributed by atoms with van der Waals surface area (Å²) in [4.78, 5) is -0.958. The van der Waals surface area contributed by atoms with Gasteiger partial charge < -0.3 is 9.47 Å². The van der Waals surface area contributed by atoms with Crippen molar-refractivity contribution >= 4 is 23.2 Å². The van der Waals surface area contributed by atoms with E-state index in [0.717, 1.165) is 24.3 Å². The fourth-order valence-corrected chi connectivity index (χ4v) is 5.54. The highest BCUT2D eigenvalue weighted by molar-refractivity contribution is 6.31. The molecule has 0 N–H and O–H groups in total. The summed E-state index contributed by atoms with van der Waals surface area (Å²) in [5, 5.41) is 19.3. The van der Waals surface area contributed by atoms with E-state index in [2.05, 4.69) is 0 Å². The Morgan fingerprint density at radius 2 is 1.20 bits per heavy atom. The molecule has 0 spiro atoms. The number of hydrogen-bond donors (Lipinski definition) is 0. The van der Waals surface area contributed by atoms with Crippen LogP contribution < -0.4 is 9.47 Å². The van der Waals surface area contributed by atoms with Gasteiger partial charge in [0.25, 0.3) is 0 Å². The van der Waals surface area contributed by atoms with Crippen LogP contribution in [0.15, 0.2) is 84.9 Å². The molecule has 0 amide bonds. The van der Waals surface area contributed by atoms with Gasteiger partial charge in [0.15, 0.2) is 0 Å². The predicted molar refractivity (Wildman–Crippen MR) is 161 cm³/mol. The van der Waals surface area contributed by atoms with Gasteiger partial charge in [-0.3, -0.25) is 0 Å². The first-order valence-electron chi connectivity index (χ1n) is 13.6. The molecule has 4 nitrogen and oxygen atoms in total. The van der Waals surface area contributed by atoms with Crippen molar-refractivity contribution in [2.45, 2.75) is 49.5 Å². The maximum atomic E-state index is 14.7. The fraction of sp³-hybridized carbons (Fsp3) is 0.235. The predicted octanol–water partition coefficient (Wildman–Crippen LogP) is 10.9. The lowest BCUT2D eigenvalue weighted by Crippen LogP contribution is -2.54. The van der Waals surface area contributed by atoms with E-state index in [-0.39, 0.29) is 33.4 Å². The minimum absolute atomic E-state index is 0.0298. The third-order valence-corrected chi connectivity index (χ3v) is 7.86. The molecule has 12 heteroatoms. The second kappa shape index (κ2) is 12.8. The number of hydrogen-bond acceptors (Lipinski definition) is 4. The van der Waals surface area contributed by atoms with Gasteiger partial charge in [-0.15, -0.1) is 11.6 Å². The van der Waals surface area contributed by atoms with Crippen molar-refractivity contribution in [2.24, 2.45) is 0 Å². The second-order valence-electron chi connectivity index (χ2n) is 10.7. The minimum Gasteiger partial charge on any atom is -0.486 e. The van der Waals surface area contributed by atoms with E-state index < -0.39 is 39.9 Å². The number of rotatable bonds is 8. The summed E-state index contributed by atoms with van der Waals surface area (Å²) in [6, 6.07) is 19.9. The van der Waals surface area contributed by atoms with Crippen molar-refractivity contribution in [1.29, 1.82) is 10.5 Å². The van der Waals surface area contributed by atoms with E-state index in [4.69, 9.17) is 32.7 Å². The smallest absolute Gasteiger partial charge is 0.411 e. The lowest BCUT2D eigenvalue weighted by atomic mass is 9.73. The molecule has 0 aliphatic heterocycles. The van der Waals surface area contributed by atoms with Crippen LogP contribution in [0.3, 0.4) is 0 Å². The van der Waals surface area contributed by atoms with Gasteiger partial charge in [0, 0.05) is 5.56 Å². The summed E-state index contributed by atoms with van der Waals surface area (Å²) in [6.45, 7) is 4.87. The standard InChI is InChI=1S/C34H24Cl2F6N2O2/c1-20(25-6-4-8-29(35)26(25)18-43)45-23-14-10-21(11-15-23)32(33(37,38)39,34(40,41)42)22-12-16-24(17-13-22)46-30-9-5-7-28(27(30)19-44)31(2,3)36/h4-17,20H,1-3H3. The molecule has 0 radical (unpaired) electrons. The van der Waals surface area contributed by atoms with Gasteiger partial charge in [-0.1, -0.05) is 60.1 Å². The van der Waals surface area contributed by atoms with Crippen molar-refractivity contribution in [3.63, 3.8) is 0 Å². The molecule has 0 bridgehead atoms. The molecule has 1 atom stereocenters. The Morgan fingerprint density at radius 1 is 0.696 bits per heavy atom. The highest BCUT2D eigenvalue weighted by atomic mass is 35.5. The molecule has 4 rings (SSSR count). The van der Waals surface area contributed by atoms with Crippen LogP contribution in [0.4, 0.5) is 26.3 Å². The molecule has 0 heterocycles. The number of halogens is 8. The third kappa shape index (κ3) is 6.46. The highest BCUT2D eigenvalue weighted by Crippen LogP contribution is 2.56. The second-order valence-corrected chi connectivity index (χ2v) is 12.1. The first-order valence-corrected chi connectivity index (χ1v) is 14.3. The lowest BCUT2D eigenvalue weighted by molar-refractivity contribution is -0.288. The molecule has 46 heavy (non-hydrogen) atoms. The van der Waals surface area contributed by atoms with E-state index in [1.54, 1.807) is 45.0 Å². The Balaban J connectivity index is 1.72. The molecular formula is C34H24Cl2F6N2O2. The van der Waals surface area contributed by atoms with E-state index >= 15 is 0 Å². The summed E-state index contributed by atoms with van der Waals surface area (Å²) in [6.07, 6.45) is -12.4. The van der Waals surface area contributed by atoms with E-state index in [9.17, 15) is 36.9 Å². The molecule has 0 aliphatic rings. The summed E-state index contributed by atoms with van der Waals surface area (Å²) in [5.74, 6) is -0.0971. The molecule has 1 unspecified atom stereocenters. The molecular weight excluding hydrogens is 653 g/mol. The van der Waals surface area contributed by atoms with Gasteiger partial charge in [0.1, 0.15) is 35.5 Å². The minimum atomic E-state index is -5.82. The first-order chi connectivity index (χ1) is 21.5. The molecule has 0 aliphatic carbocycles. The molecule has 4 aromatic carbocycles. The summed E-state index contributed by atoms with van der Waals surface area (Å²) < 4.78 is 99.8. The number of alkyl halides is 7. The Kier molecular flexibility index (Phi) is 9.59. The van der Waals surface area contributed by atoms with Crippen LogP contribution in [0, 0.1) is 22.7 Å². The van der Waals surface area contributed by atoms with Gasteiger partial charge in [-0.05, 0) is 73.9 Å². The van der Waals surface area contributed by atoms with Gasteiger partial charge in [0.05, 0.1) is 21.0 Å². The van der Waals surface area contributed by atoms with Crippen LogP contribution in [0.25, 0.3) is 0 Å². The average molecular weight is 677 g/mol. The zero-order valence-corrected chi connectivity index (χ0v) is 25.9. The summed E-state index contributed by atoms with van der Waals surface area (Å²) in [7, 11) is 0. The zero-order valence-electron chi connectivity index (χ0n) is 24.4. The van der Waals surface area contributed by atoms with Crippen LogP contribution in [0.2, 0.25) is 5.02 Å². The largest absolute Gasteiger partial charge is 0.486 e. The van der Waals surface area contributed by atoms with E-state index in [0.29, 0.717) is 35.4 Å². The van der Waals surface area contributed by atoms with Crippen molar-refractivity contribution in [1.82, 2.24) is 0 Å². The number of nitrogens with zero attached hydrogens (tertiary/aromatic N) is 2. The van der Waals surface area contributed by atoms with Crippen LogP contribution >= 0.6 is 23.2 Å². The molecule has 0 aromatic heterocycles. The van der Waals surface area contributed by atoms with Crippen molar-refractivity contribution < 1.29 is 35.8 Å². The number of benzene rings is 4. The SMILES string of the molecule is CC(Oc1ccc(C(c2ccc(Oc3cccc(C(C)(C)Cl)c3C#N)cc2)(C(F)(F)F)C(F)(F)F)cc1)c1cccc(Cl)c1C#N. The Morgan fingerprint density at radius 3 is 1.67 bits per heavy atom. The molecule has 0 fully saturated rings. The normalized spacial score (nSPS) is 13.0. The maximum absolute atomic E-state index is 14.7. The number of nitriles is 2. The van der Waals surface area contributed by atoms with Crippen molar-refractivity contribution in [3.8, 4) is 29.4 Å². The van der Waals surface area contributed by atoms with E-state index in [1.165, 1.54) is 12.1 Å². The van der Waals surface area contributed by atoms with Crippen LogP contribution in [0.1, 0.15) is 60.3 Å². The zero-order chi connectivity index (χ0) is 34.1. The Labute approximate surface area is 271 Å². The van der Waals surface area contributed by atoms with Gasteiger partial charge in [0.2, 0.25) is 5.41 Å². The van der Waals surface area contributed by atoms with Crippen molar-refractivity contribution in [3.05, 3.63) is 123 Å². The third-order valence-electron chi connectivity index (χ3n) is 7.34. The topological polar surface area (TPSA) is 66.0 Å². The first kappa shape index (κ1) is 34.5. The Bertz CT molecular complexity index is 1790. The highest BCUT2D eigenvalue weighted by Gasteiger charge is 2.72. The molecule has 0 saturated carbocycles. The molecule has 238 valence electrons. The quantitative estimate of drug-likeness (QED) is 0.138. The van der Waals surface area contributed by atoms with E-state index in [1.807, 2.05) is 12.1 Å². The fourth-order valence-electron chi connectivity index (χ4n) is 5.16. The monoisotopic (exact) mass is 676 g/mol. The van der Waals surface area contributed by atoms with Crippen molar-refractivity contribution in [2.75, 3.05) is 0 Å². The van der Waals surface area contributed by atoms with Gasteiger partial charge in [-0.2, -0.15) is 36.9 Å². The van der Waals surface area contributed by atoms with Gasteiger partial charge in [-0.25, -0.2) is 0 Å². The maximum Gasteiger partial charge on any atom is 0.411 e. The molecule has 4 aromatic rings. The van der Waals surface area contributed by atoms with Crippen LogP contribution in [0.5, 0.6) is 17.2 Å².